The van der Waals surface area contributed by atoms with Crippen LogP contribution < -0.4 is 10.1 Å². The average Bonchev–Trinajstić information content (AvgIpc) is 3.46. The van der Waals surface area contributed by atoms with Crippen molar-refractivity contribution in [3.05, 3.63) is 30.5 Å². The van der Waals surface area contributed by atoms with Gasteiger partial charge in [-0.2, -0.15) is 18.2 Å². The van der Waals surface area contributed by atoms with Gasteiger partial charge in [0.25, 0.3) is 5.92 Å². The van der Waals surface area contributed by atoms with Gasteiger partial charge in [-0.25, -0.2) is 18.0 Å². The van der Waals surface area contributed by atoms with Crippen LogP contribution >= 0.6 is 0 Å². The van der Waals surface area contributed by atoms with Crippen LogP contribution in [0.4, 0.5) is 27.9 Å². The van der Waals surface area contributed by atoms with Gasteiger partial charge in [-0.1, -0.05) is 11.3 Å². The van der Waals surface area contributed by atoms with Crippen LogP contribution in [0.5, 0.6) is 5.88 Å². The Morgan fingerprint density at radius 2 is 2.00 bits per heavy atom. The van der Waals surface area contributed by atoms with E-state index in [9.17, 15) is 22.0 Å². The predicted molar refractivity (Wildman–Crippen MR) is 117 cm³/mol. The molecule has 2 atom stereocenters. The van der Waals surface area contributed by atoms with Crippen LogP contribution in [0.25, 0.3) is 27.7 Å². The molecular formula is C21H21F5N8O. The number of ether oxygens (including phenoxy) is 1. The zero-order valence-corrected chi connectivity index (χ0v) is 18.9. The molecule has 9 nitrogen and oxygen atoms in total. The highest BCUT2D eigenvalue weighted by atomic mass is 19.4. The maximum Gasteiger partial charge on any atom is 0.410 e. The lowest BCUT2D eigenvalue weighted by Gasteiger charge is -2.19. The fourth-order valence-corrected chi connectivity index (χ4v) is 4.24. The highest BCUT2D eigenvalue weighted by Gasteiger charge is 2.47. The minimum atomic E-state index is -4.50. The molecule has 3 aromatic heterocycles. The summed E-state index contributed by atoms with van der Waals surface area (Å²) in [4.78, 5) is 5.78. The van der Waals surface area contributed by atoms with Crippen LogP contribution in [-0.2, 0) is 0 Å². The molecule has 5 rings (SSSR count). The summed E-state index contributed by atoms with van der Waals surface area (Å²) in [6.07, 6.45) is -2.90. The Morgan fingerprint density at radius 3 is 2.66 bits per heavy atom. The molecule has 14 heteroatoms. The van der Waals surface area contributed by atoms with Crippen LogP contribution in [0.2, 0.25) is 0 Å². The zero-order chi connectivity index (χ0) is 25.1. The Morgan fingerprint density at radius 1 is 1.23 bits per heavy atom. The maximum absolute atomic E-state index is 14.3. The van der Waals surface area contributed by atoms with Crippen molar-refractivity contribution >= 4 is 22.5 Å². The van der Waals surface area contributed by atoms with Crippen molar-refractivity contribution < 1.29 is 26.7 Å². The minimum Gasteiger partial charge on any atom is -0.479 e. The number of fused-ring (bicyclic) bond motifs is 2. The molecule has 0 unspecified atom stereocenters. The number of aromatic nitrogens is 6. The van der Waals surface area contributed by atoms with Gasteiger partial charge in [-0.15, -0.1) is 10.2 Å². The first kappa shape index (κ1) is 23.2. The summed E-state index contributed by atoms with van der Waals surface area (Å²) in [6.45, 7) is 0.746. The molecule has 4 heterocycles. The highest BCUT2D eigenvalue weighted by Crippen LogP contribution is 2.36. The summed E-state index contributed by atoms with van der Waals surface area (Å²) in [5, 5.41) is 14.5. The van der Waals surface area contributed by atoms with E-state index >= 15 is 0 Å². The number of hydrogen-bond acceptors (Lipinski definition) is 7. The number of likely N-dealkylation sites (N-methyl/N-ethyl adjacent to an activating group) is 1. The van der Waals surface area contributed by atoms with Crippen LogP contribution in [-0.4, -0.2) is 79.9 Å². The third-order valence-electron chi connectivity index (χ3n) is 6.08. The van der Waals surface area contributed by atoms with E-state index in [2.05, 4.69) is 25.7 Å². The summed E-state index contributed by atoms with van der Waals surface area (Å²) >= 11 is 0. The van der Waals surface area contributed by atoms with Crippen LogP contribution in [0.3, 0.4) is 0 Å². The van der Waals surface area contributed by atoms with Crippen LogP contribution in [0, 0.1) is 0 Å². The molecule has 0 amide bonds. The maximum atomic E-state index is 14.3. The highest BCUT2D eigenvalue weighted by molar-refractivity contribution is 5.89. The molecule has 1 fully saturated rings. The molecule has 0 bridgehead atoms. The SMILES string of the molecule is COc1nc(N[C@@H]2CN(C)CC2(F)F)nn2ccc(-c3ccc4nnn([C@@H](C)C(F)(F)F)c4c3)c12. The summed E-state index contributed by atoms with van der Waals surface area (Å²) in [7, 11) is 2.99. The van der Waals surface area contributed by atoms with Gasteiger partial charge in [-0.3, -0.25) is 4.90 Å². The first-order valence-electron chi connectivity index (χ1n) is 10.7. The number of likely N-dealkylation sites (tertiary alicyclic amines) is 1. The quantitative estimate of drug-likeness (QED) is 0.423. The van der Waals surface area contributed by atoms with Gasteiger partial charge in [0.2, 0.25) is 11.8 Å². The monoisotopic (exact) mass is 496 g/mol. The second-order valence-corrected chi connectivity index (χ2v) is 8.58. The van der Waals surface area contributed by atoms with E-state index in [1.54, 1.807) is 37.5 Å². The van der Waals surface area contributed by atoms with Gasteiger partial charge >= 0.3 is 6.18 Å². The summed E-state index contributed by atoms with van der Waals surface area (Å²) < 4.78 is 76.1. The molecule has 0 spiro atoms. The topological polar surface area (TPSA) is 85.4 Å². The van der Waals surface area contributed by atoms with E-state index < -0.39 is 24.2 Å². The lowest BCUT2D eigenvalue weighted by Crippen LogP contribution is -2.38. The second kappa shape index (κ2) is 8.00. The van der Waals surface area contributed by atoms with E-state index in [-0.39, 0.29) is 30.4 Å². The van der Waals surface area contributed by atoms with Gasteiger partial charge in [0, 0.05) is 18.3 Å². The minimum absolute atomic E-state index is 0.0341. The number of benzene rings is 1. The number of hydrogen-bond donors (Lipinski definition) is 1. The molecule has 35 heavy (non-hydrogen) atoms. The van der Waals surface area contributed by atoms with Gasteiger partial charge in [-0.05, 0) is 37.7 Å². The van der Waals surface area contributed by atoms with Crippen LogP contribution in [0.1, 0.15) is 13.0 Å². The second-order valence-electron chi connectivity index (χ2n) is 8.58. The number of methoxy groups -OCH3 is 1. The van der Waals surface area contributed by atoms with E-state index in [1.807, 2.05) is 0 Å². The molecule has 0 saturated carbocycles. The summed E-state index contributed by atoms with van der Waals surface area (Å²) in [6, 6.07) is 3.46. The van der Waals surface area contributed by atoms with Gasteiger partial charge < -0.3 is 10.1 Å². The molecule has 1 N–H and O–H groups in total. The molecule has 0 aliphatic carbocycles. The normalized spacial score (nSPS) is 19.5. The Kier molecular flexibility index (Phi) is 5.30. The van der Waals surface area contributed by atoms with Gasteiger partial charge in [0.1, 0.15) is 23.1 Å². The Bertz CT molecular complexity index is 1400. The third-order valence-corrected chi connectivity index (χ3v) is 6.08. The smallest absolute Gasteiger partial charge is 0.410 e. The molecule has 1 aliphatic rings. The number of nitrogens with one attached hydrogen (secondary N) is 1. The number of nitrogens with zero attached hydrogens (tertiary/aromatic N) is 7. The van der Waals surface area contributed by atoms with Crippen molar-refractivity contribution in [2.45, 2.75) is 31.1 Å². The van der Waals surface area contributed by atoms with Gasteiger partial charge in [0.05, 0.1) is 19.2 Å². The number of halogens is 5. The van der Waals surface area contributed by atoms with Crippen molar-refractivity contribution in [3.8, 4) is 17.0 Å². The zero-order valence-electron chi connectivity index (χ0n) is 18.9. The van der Waals surface area contributed by atoms with Crippen molar-refractivity contribution in [1.29, 1.82) is 0 Å². The molecular weight excluding hydrogens is 475 g/mol. The van der Waals surface area contributed by atoms with E-state index in [4.69, 9.17) is 4.74 Å². The Labute approximate surface area is 195 Å². The van der Waals surface area contributed by atoms with Crippen molar-refractivity contribution in [2.75, 3.05) is 32.6 Å². The fraction of sp³-hybridized carbons (Fsp3) is 0.429. The Hall–Kier alpha value is -3.55. The molecule has 1 aromatic carbocycles. The van der Waals surface area contributed by atoms with Crippen molar-refractivity contribution in [2.24, 2.45) is 0 Å². The fourth-order valence-electron chi connectivity index (χ4n) is 4.24. The summed E-state index contributed by atoms with van der Waals surface area (Å²) in [5.74, 6) is -2.87. The lowest BCUT2D eigenvalue weighted by molar-refractivity contribution is -0.164. The summed E-state index contributed by atoms with van der Waals surface area (Å²) in [5.41, 5.74) is 2.08. The van der Waals surface area contributed by atoms with E-state index in [0.717, 1.165) is 11.6 Å². The third kappa shape index (κ3) is 4.00. The first-order chi connectivity index (χ1) is 16.5. The van der Waals surface area contributed by atoms with Crippen molar-refractivity contribution in [3.63, 3.8) is 0 Å². The molecule has 0 radical (unpaired) electrons. The first-order valence-corrected chi connectivity index (χ1v) is 10.7. The van der Waals surface area contributed by atoms with E-state index in [1.165, 1.54) is 16.5 Å². The molecule has 1 saturated heterocycles. The number of anilines is 1. The molecule has 4 aromatic rings. The van der Waals surface area contributed by atoms with Crippen molar-refractivity contribution in [1.82, 2.24) is 34.5 Å². The van der Waals surface area contributed by atoms with Gasteiger partial charge in [0.15, 0.2) is 0 Å². The molecule has 1 aliphatic heterocycles. The van der Waals surface area contributed by atoms with Crippen LogP contribution in [0.15, 0.2) is 30.5 Å². The van der Waals surface area contributed by atoms with E-state index in [0.29, 0.717) is 22.2 Å². The lowest BCUT2D eigenvalue weighted by atomic mass is 10.1. The standard InChI is InChI=1S/C21H21F5N8O/c1-11(21(24,25)26)34-15-8-12(4-5-14(15)29-31-34)13-6-7-33-17(13)18(35-3)28-19(30-33)27-16-9-32(2)10-20(16,22)23/h4-8,11,16H,9-10H2,1-3H3,(H,27,30)/t11-,16+/m0/s1. The number of rotatable bonds is 5. The average molecular weight is 496 g/mol. The molecule has 186 valence electrons. The predicted octanol–water partition coefficient (Wildman–Crippen LogP) is 3.63. The number of alkyl halides is 5. The Balaban J connectivity index is 1.55. The largest absolute Gasteiger partial charge is 0.479 e.